The Labute approximate surface area is 123 Å². The monoisotopic (exact) mass is 301 g/mol. The summed E-state index contributed by atoms with van der Waals surface area (Å²) in [7, 11) is 0. The van der Waals surface area contributed by atoms with Gasteiger partial charge in [-0.1, -0.05) is 12.1 Å². The van der Waals surface area contributed by atoms with Crippen LogP contribution in [0.25, 0.3) is 0 Å². The van der Waals surface area contributed by atoms with Gasteiger partial charge in [-0.2, -0.15) is 13.2 Å². The van der Waals surface area contributed by atoms with Crippen molar-refractivity contribution in [1.82, 2.24) is 4.90 Å². The van der Waals surface area contributed by atoms with Gasteiger partial charge in [-0.15, -0.1) is 0 Å². The number of benzene rings is 1. The van der Waals surface area contributed by atoms with Crippen molar-refractivity contribution < 1.29 is 17.9 Å². The smallest absolute Gasteiger partial charge is 0.389 e. The molecular formula is C16H22F3NO. The highest BCUT2D eigenvalue weighted by Gasteiger charge is 2.31. The van der Waals surface area contributed by atoms with Crippen molar-refractivity contribution in [2.75, 3.05) is 13.2 Å². The van der Waals surface area contributed by atoms with Crippen LogP contribution in [-0.2, 0) is 6.54 Å². The Morgan fingerprint density at radius 1 is 1.19 bits per heavy atom. The van der Waals surface area contributed by atoms with Gasteiger partial charge in [-0.25, -0.2) is 0 Å². The lowest BCUT2D eigenvalue weighted by Crippen LogP contribution is -2.27. The lowest BCUT2D eigenvalue weighted by atomic mass is 10.2. The summed E-state index contributed by atoms with van der Waals surface area (Å²) in [5, 5.41) is 0. The molecule has 21 heavy (non-hydrogen) atoms. The second-order valence-corrected chi connectivity index (χ2v) is 5.50. The molecule has 0 atom stereocenters. The summed E-state index contributed by atoms with van der Waals surface area (Å²) in [5.41, 5.74) is 1.12. The van der Waals surface area contributed by atoms with E-state index < -0.39 is 12.6 Å². The molecule has 0 spiro atoms. The molecule has 118 valence electrons. The maximum Gasteiger partial charge on any atom is 0.389 e. The zero-order valence-corrected chi connectivity index (χ0v) is 12.3. The molecule has 1 aromatic carbocycles. The molecule has 0 amide bonds. The number of halogens is 3. The fraction of sp³-hybridized carbons (Fsp3) is 0.625. The standard InChI is InChI=1S/C16H22F3NO/c1-2-21-15-8-4-13(5-9-15)12-20(14-6-7-14)11-3-10-16(17,18)19/h4-5,8-9,14H,2-3,6-7,10-12H2,1H3. The molecule has 0 aliphatic heterocycles. The highest BCUT2D eigenvalue weighted by atomic mass is 19.4. The van der Waals surface area contributed by atoms with Crippen molar-refractivity contribution in [2.45, 2.75) is 51.4 Å². The van der Waals surface area contributed by atoms with Crippen LogP contribution >= 0.6 is 0 Å². The van der Waals surface area contributed by atoms with Gasteiger partial charge in [0.15, 0.2) is 0 Å². The van der Waals surface area contributed by atoms with Crippen LogP contribution in [0.3, 0.4) is 0 Å². The Kier molecular flexibility index (Phi) is 5.51. The zero-order chi connectivity index (χ0) is 15.3. The van der Waals surface area contributed by atoms with Gasteiger partial charge >= 0.3 is 6.18 Å². The van der Waals surface area contributed by atoms with E-state index in [2.05, 4.69) is 4.90 Å². The van der Waals surface area contributed by atoms with Crippen molar-refractivity contribution in [3.05, 3.63) is 29.8 Å². The first-order valence-electron chi connectivity index (χ1n) is 7.50. The minimum Gasteiger partial charge on any atom is -0.494 e. The van der Waals surface area contributed by atoms with Crippen LogP contribution in [0.4, 0.5) is 13.2 Å². The maximum absolute atomic E-state index is 12.2. The summed E-state index contributed by atoms with van der Waals surface area (Å²) in [6, 6.07) is 8.28. The number of nitrogens with zero attached hydrogens (tertiary/aromatic N) is 1. The molecule has 1 fully saturated rings. The van der Waals surface area contributed by atoms with E-state index in [0.717, 1.165) is 30.7 Å². The van der Waals surface area contributed by atoms with Gasteiger partial charge in [0.2, 0.25) is 0 Å². The Morgan fingerprint density at radius 3 is 2.38 bits per heavy atom. The largest absolute Gasteiger partial charge is 0.494 e. The number of ether oxygens (including phenoxy) is 1. The van der Waals surface area contributed by atoms with Crippen molar-refractivity contribution in [3.8, 4) is 5.75 Å². The molecule has 1 saturated carbocycles. The third kappa shape index (κ3) is 5.96. The van der Waals surface area contributed by atoms with Crippen molar-refractivity contribution in [1.29, 1.82) is 0 Å². The van der Waals surface area contributed by atoms with Gasteiger partial charge in [0.25, 0.3) is 0 Å². The Bertz CT molecular complexity index is 426. The Balaban J connectivity index is 1.84. The molecule has 2 rings (SSSR count). The van der Waals surface area contributed by atoms with Crippen LogP contribution in [-0.4, -0.2) is 30.3 Å². The van der Waals surface area contributed by atoms with Crippen molar-refractivity contribution >= 4 is 0 Å². The molecule has 0 heterocycles. The number of alkyl halides is 3. The molecule has 1 aliphatic carbocycles. The number of hydrogen-bond acceptors (Lipinski definition) is 2. The van der Waals surface area contributed by atoms with Gasteiger partial charge < -0.3 is 4.74 Å². The molecule has 0 unspecified atom stereocenters. The van der Waals surface area contributed by atoms with E-state index in [1.54, 1.807) is 0 Å². The van der Waals surface area contributed by atoms with Crippen molar-refractivity contribution in [2.24, 2.45) is 0 Å². The normalized spacial score (nSPS) is 15.5. The van der Waals surface area contributed by atoms with Gasteiger partial charge in [0.05, 0.1) is 6.61 Å². The molecule has 0 aromatic heterocycles. The average Bonchev–Trinajstić information content (AvgIpc) is 3.23. The highest BCUT2D eigenvalue weighted by Crippen LogP contribution is 2.30. The SMILES string of the molecule is CCOc1ccc(CN(CCCC(F)(F)F)C2CC2)cc1. The predicted octanol–water partition coefficient (Wildman–Crippen LogP) is 4.39. The summed E-state index contributed by atoms with van der Waals surface area (Å²) >= 11 is 0. The first-order chi connectivity index (χ1) is 9.98. The lowest BCUT2D eigenvalue weighted by molar-refractivity contribution is -0.136. The molecule has 2 nitrogen and oxygen atoms in total. The topological polar surface area (TPSA) is 12.5 Å². The van der Waals surface area contributed by atoms with E-state index in [0.29, 0.717) is 19.2 Å². The number of hydrogen-bond donors (Lipinski definition) is 0. The Morgan fingerprint density at radius 2 is 1.86 bits per heavy atom. The lowest BCUT2D eigenvalue weighted by Gasteiger charge is -2.22. The van der Waals surface area contributed by atoms with Crippen LogP contribution in [0.5, 0.6) is 5.75 Å². The summed E-state index contributed by atoms with van der Waals surface area (Å²) in [6.45, 7) is 3.79. The summed E-state index contributed by atoms with van der Waals surface area (Å²) in [6.07, 6.45) is -2.36. The highest BCUT2D eigenvalue weighted by molar-refractivity contribution is 5.27. The van der Waals surface area contributed by atoms with Crippen molar-refractivity contribution in [3.63, 3.8) is 0 Å². The molecule has 5 heteroatoms. The van der Waals surface area contributed by atoms with E-state index in [1.807, 2.05) is 31.2 Å². The second kappa shape index (κ2) is 7.16. The van der Waals surface area contributed by atoms with Gasteiger partial charge in [0, 0.05) is 19.0 Å². The number of rotatable bonds is 8. The van der Waals surface area contributed by atoms with E-state index >= 15 is 0 Å². The second-order valence-electron chi connectivity index (χ2n) is 5.50. The van der Waals surface area contributed by atoms with E-state index in [9.17, 15) is 13.2 Å². The van der Waals surface area contributed by atoms with Crippen LogP contribution in [0, 0.1) is 0 Å². The van der Waals surface area contributed by atoms with E-state index in [-0.39, 0.29) is 6.42 Å². The predicted molar refractivity (Wildman–Crippen MR) is 76.3 cm³/mol. The Hall–Kier alpha value is -1.23. The molecule has 0 N–H and O–H groups in total. The third-order valence-electron chi connectivity index (χ3n) is 3.59. The first-order valence-corrected chi connectivity index (χ1v) is 7.50. The molecule has 1 aliphatic rings. The van der Waals surface area contributed by atoms with E-state index in [4.69, 9.17) is 4.74 Å². The molecule has 1 aromatic rings. The van der Waals surface area contributed by atoms with Gasteiger partial charge in [0.1, 0.15) is 5.75 Å². The molecular weight excluding hydrogens is 279 g/mol. The molecule has 0 radical (unpaired) electrons. The van der Waals surface area contributed by atoms with Crippen LogP contribution < -0.4 is 4.74 Å². The van der Waals surface area contributed by atoms with Gasteiger partial charge in [-0.05, 0) is 50.4 Å². The van der Waals surface area contributed by atoms with E-state index in [1.165, 1.54) is 0 Å². The summed E-state index contributed by atoms with van der Waals surface area (Å²) in [4.78, 5) is 2.17. The first kappa shape index (κ1) is 16.1. The quantitative estimate of drug-likeness (QED) is 0.706. The minimum absolute atomic E-state index is 0.178. The van der Waals surface area contributed by atoms with Crippen LogP contribution in [0.15, 0.2) is 24.3 Å². The van der Waals surface area contributed by atoms with Gasteiger partial charge in [-0.3, -0.25) is 4.90 Å². The average molecular weight is 301 g/mol. The fourth-order valence-electron chi connectivity index (χ4n) is 2.41. The summed E-state index contributed by atoms with van der Waals surface area (Å²) in [5.74, 6) is 0.830. The van der Waals surface area contributed by atoms with Crippen LogP contribution in [0.2, 0.25) is 0 Å². The third-order valence-corrected chi connectivity index (χ3v) is 3.59. The molecule has 0 bridgehead atoms. The molecule has 0 saturated heterocycles. The fourth-order valence-corrected chi connectivity index (χ4v) is 2.41. The minimum atomic E-state index is -4.05. The summed E-state index contributed by atoms with van der Waals surface area (Å²) < 4.78 is 42.1. The maximum atomic E-state index is 12.2. The zero-order valence-electron chi connectivity index (χ0n) is 12.3. The van der Waals surface area contributed by atoms with Crippen LogP contribution in [0.1, 0.15) is 38.2 Å².